The molecule has 0 atom stereocenters. The SMILES string of the molecule is Cl.OCc1ncc(C(F)(F)F)[nH]1. The zero-order valence-electron chi connectivity index (χ0n) is 5.72. The molecular weight excluding hydrogens is 197 g/mol. The summed E-state index contributed by atoms with van der Waals surface area (Å²) in [5, 5.41) is 8.36. The van der Waals surface area contributed by atoms with Gasteiger partial charge in [-0.25, -0.2) is 4.98 Å². The Kier molecular flexibility index (Phi) is 3.54. The molecule has 0 aliphatic rings. The third-order valence-electron chi connectivity index (χ3n) is 1.08. The monoisotopic (exact) mass is 202 g/mol. The average molecular weight is 203 g/mol. The molecule has 70 valence electrons. The summed E-state index contributed by atoms with van der Waals surface area (Å²) in [6.07, 6.45) is -3.77. The molecule has 1 rings (SSSR count). The van der Waals surface area contributed by atoms with Crippen molar-refractivity contribution in [2.45, 2.75) is 12.8 Å². The minimum atomic E-state index is -4.42. The Hall–Kier alpha value is -0.750. The third-order valence-corrected chi connectivity index (χ3v) is 1.08. The molecule has 0 aliphatic carbocycles. The molecule has 1 aromatic rings. The lowest BCUT2D eigenvalue weighted by molar-refractivity contribution is -0.141. The summed E-state index contributed by atoms with van der Waals surface area (Å²) in [5.74, 6) is -0.0858. The van der Waals surface area contributed by atoms with Crippen LogP contribution < -0.4 is 0 Å². The van der Waals surface area contributed by atoms with Crippen LogP contribution in [0.15, 0.2) is 6.20 Å². The Bertz CT molecular complexity index is 247. The van der Waals surface area contributed by atoms with E-state index in [9.17, 15) is 13.2 Å². The van der Waals surface area contributed by atoms with Crippen molar-refractivity contribution in [1.29, 1.82) is 0 Å². The summed E-state index contributed by atoms with van der Waals surface area (Å²) in [5.41, 5.74) is -0.943. The maximum Gasteiger partial charge on any atom is 0.432 e. The minimum absolute atomic E-state index is 0. The number of aromatic nitrogens is 2. The molecular formula is C5H6ClF3N2O. The van der Waals surface area contributed by atoms with Crippen molar-refractivity contribution >= 4 is 12.4 Å². The Morgan fingerprint density at radius 2 is 2.08 bits per heavy atom. The number of nitrogens with one attached hydrogen (secondary N) is 1. The number of alkyl halides is 3. The Morgan fingerprint density at radius 1 is 1.50 bits per heavy atom. The number of halogens is 4. The van der Waals surface area contributed by atoms with Gasteiger partial charge in [0.25, 0.3) is 0 Å². The van der Waals surface area contributed by atoms with Gasteiger partial charge in [-0.2, -0.15) is 13.2 Å². The molecule has 0 radical (unpaired) electrons. The van der Waals surface area contributed by atoms with Crippen molar-refractivity contribution in [3.63, 3.8) is 0 Å². The molecule has 12 heavy (non-hydrogen) atoms. The fraction of sp³-hybridized carbons (Fsp3) is 0.400. The van der Waals surface area contributed by atoms with Crippen molar-refractivity contribution in [2.24, 2.45) is 0 Å². The molecule has 0 saturated carbocycles. The molecule has 2 N–H and O–H groups in total. The van der Waals surface area contributed by atoms with E-state index in [2.05, 4.69) is 4.98 Å². The summed E-state index contributed by atoms with van der Waals surface area (Å²) in [4.78, 5) is 5.19. The highest BCUT2D eigenvalue weighted by Gasteiger charge is 2.32. The maximum absolute atomic E-state index is 11.8. The Morgan fingerprint density at radius 3 is 2.33 bits per heavy atom. The van der Waals surface area contributed by atoms with E-state index in [-0.39, 0.29) is 18.2 Å². The van der Waals surface area contributed by atoms with Gasteiger partial charge in [0, 0.05) is 0 Å². The fourth-order valence-corrected chi connectivity index (χ4v) is 0.587. The number of hydrogen-bond donors (Lipinski definition) is 2. The second-order valence-corrected chi connectivity index (χ2v) is 1.90. The van der Waals surface area contributed by atoms with Gasteiger partial charge in [0.2, 0.25) is 0 Å². The van der Waals surface area contributed by atoms with Crippen LogP contribution in [0.1, 0.15) is 11.5 Å². The van der Waals surface area contributed by atoms with E-state index < -0.39 is 18.5 Å². The first-order chi connectivity index (χ1) is 5.04. The lowest BCUT2D eigenvalue weighted by Gasteiger charge is -2.00. The number of hydrogen-bond acceptors (Lipinski definition) is 2. The van der Waals surface area contributed by atoms with Gasteiger partial charge in [-0.1, -0.05) is 0 Å². The smallest absolute Gasteiger partial charge is 0.388 e. The van der Waals surface area contributed by atoms with E-state index in [0.717, 1.165) is 0 Å². The van der Waals surface area contributed by atoms with Crippen molar-refractivity contribution in [3.05, 3.63) is 17.7 Å². The normalized spacial score (nSPS) is 11.0. The molecule has 0 unspecified atom stereocenters. The van der Waals surface area contributed by atoms with Crippen molar-refractivity contribution in [1.82, 2.24) is 9.97 Å². The highest BCUT2D eigenvalue weighted by atomic mass is 35.5. The van der Waals surface area contributed by atoms with Gasteiger partial charge in [-0.3, -0.25) is 0 Å². The molecule has 0 saturated heterocycles. The highest BCUT2D eigenvalue weighted by molar-refractivity contribution is 5.85. The second kappa shape index (κ2) is 3.77. The lowest BCUT2D eigenvalue weighted by Crippen LogP contribution is -2.05. The van der Waals surface area contributed by atoms with E-state index in [0.29, 0.717) is 6.20 Å². The molecule has 7 heteroatoms. The zero-order valence-corrected chi connectivity index (χ0v) is 6.54. The maximum atomic E-state index is 11.8. The molecule has 1 aromatic heterocycles. The first kappa shape index (κ1) is 11.2. The predicted octanol–water partition coefficient (Wildman–Crippen LogP) is 1.34. The first-order valence-corrected chi connectivity index (χ1v) is 2.76. The van der Waals surface area contributed by atoms with E-state index in [1.165, 1.54) is 0 Å². The second-order valence-electron chi connectivity index (χ2n) is 1.90. The first-order valence-electron chi connectivity index (χ1n) is 2.76. The molecule has 0 aliphatic heterocycles. The largest absolute Gasteiger partial charge is 0.432 e. The van der Waals surface area contributed by atoms with Crippen molar-refractivity contribution in [3.8, 4) is 0 Å². The summed E-state index contributed by atoms with van der Waals surface area (Å²) >= 11 is 0. The topological polar surface area (TPSA) is 48.9 Å². The predicted molar refractivity (Wildman–Crippen MR) is 36.8 cm³/mol. The van der Waals surface area contributed by atoms with Crippen LogP contribution in [0.2, 0.25) is 0 Å². The number of aromatic amines is 1. The molecule has 0 spiro atoms. The van der Waals surface area contributed by atoms with Crippen LogP contribution >= 0.6 is 12.4 Å². The number of nitrogens with zero attached hydrogens (tertiary/aromatic N) is 1. The third kappa shape index (κ3) is 2.38. The zero-order chi connectivity index (χ0) is 8.48. The van der Waals surface area contributed by atoms with E-state index in [1.54, 1.807) is 0 Å². The number of aliphatic hydroxyl groups excluding tert-OH is 1. The Labute approximate surface area is 72.0 Å². The van der Waals surface area contributed by atoms with Gasteiger partial charge in [0.05, 0.1) is 6.20 Å². The summed E-state index contributed by atoms with van der Waals surface area (Å²) < 4.78 is 35.4. The molecule has 0 fully saturated rings. The molecule has 0 amide bonds. The summed E-state index contributed by atoms with van der Waals surface area (Å²) in [7, 11) is 0. The molecule has 0 aromatic carbocycles. The van der Waals surface area contributed by atoms with E-state index >= 15 is 0 Å². The van der Waals surface area contributed by atoms with E-state index in [4.69, 9.17) is 5.11 Å². The van der Waals surface area contributed by atoms with Gasteiger partial charge in [-0.15, -0.1) is 12.4 Å². The quantitative estimate of drug-likeness (QED) is 0.722. The Balaban J connectivity index is 0.00000121. The van der Waals surface area contributed by atoms with Crippen molar-refractivity contribution in [2.75, 3.05) is 0 Å². The number of aliphatic hydroxyl groups is 1. The molecule has 3 nitrogen and oxygen atoms in total. The minimum Gasteiger partial charge on any atom is -0.388 e. The lowest BCUT2D eigenvalue weighted by atomic mass is 10.5. The van der Waals surface area contributed by atoms with Crippen LogP contribution in [0.3, 0.4) is 0 Å². The van der Waals surface area contributed by atoms with Crippen LogP contribution in [0, 0.1) is 0 Å². The van der Waals surface area contributed by atoms with Gasteiger partial charge in [0.15, 0.2) is 0 Å². The fourth-order valence-electron chi connectivity index (χ4n) is 0.587. The van der Waals surface area contributed by atoms with Crippen LogP contribution in [0.5, 0.6) is 0 Å². The van der Waals surface area contributed by atoms with Crippen LogP contribution in [0.4, 0.5) is 13.2 Å². The average Bonchev–Trinajstić information content (AvgIpc) is 2.32. The molecule has 1 heterocycles. The standard InChI is InChI=1S/C5H5F3N2O.ClH/c6-5(7,8)3-1-9-4(2-11)10-3;/h1,11H,2H2,(H,9,10);1H. The van der Waals surface area contributed by atoms with Gasteiger partial charge in [0.1, 0.15) is 18.1 Å². The van der Waals surface area contributed by atoms with Crippen molar-refractivity contribution < 1.29 is 18.3 Å². The van der Waals surface area contributed by atoms with Crippen LogP contribution in [0.25, 0.3) is 0 Å². The van der Waals surface area contributed by atoms with Gasteiger partial charge >= 0.3 is 6.18 Å². The number of H-pyrrole nitrogens is 1. The highest BCUT2D eigenvalue weighted by Crippen LogP contribution is 2.27. The number of imidazole rings is 1. The van der Waals surface area contributed by atoms with Gasteiger partial charge in [-0.05, 0) is 0 Å². The number of rotatable bonds is 1. The van der Waals surface area contributed by atoms with E-state index in [1.807, 2.05) is 4.98 Å². The molecule has 0 bridgehead atoms. The van der Waals surface area contributed by atoms with Crippen LogP contribution in [-0.2, 0) is 12.8 Å². The summed E-state index contributed by atoms with van der Waals surface area (Å²) in [6, 6.07) is 0. The summed E-state index contributed by atoms with van der Waals surface area (Å²) in [6.45, 7) is -0.518. The van der Waals surface area contributed by atoms with Gasteiger partial charge < -0.3 is 10.1 Å². The van der Waals surface area contributed by atoms with Crippen LogP contribution in [-0.4, -0.2) is 15.1 Å².